The molecule has 10 heteroatoms. The summed E-state index contributed by atoms with van der Waals surface area (Å²) in [5, 5.41) is 3.34. The lowest BCUT2D eigenvalue weighted by Gasteiger charge is -2.48. The summed E-state index contributed by atoms with van der Waals surface area (Å²) in [6.07, 6.45) is -0.0397. The van der Waals surface area contributed by atoms with E-state index in [-0.39, 0.29) is 40.9 Å². The quantitative estimate of drug-likeness (QED) is 0.262. The molecule has 2 aliphatic heterocycles. The van der Waals surface area contributed by atoms with Crippen molar-refractivity contribution in [3.63, 3.8) is 0 Å². The summed E-state index contributed by atoms with van der Waals surface area (Å²) in [7, 11) is 0. The Morgan fingerprint density at radius 2 is 1.60 bits per heavy atom. The van der Waals surface area contributed by atoms with E-state index >= 15 is 0 Å². The number of hydrogen-bond donors (Lipinski definition) is 2. The maximum atomic E-state index is 14.8. The molecule has 0 bridgehead atoms. The first-order valence-electron chi connectivity index (χ1n) is 12.3. The SMILES string of the molecule is NC1=Nc2cc(F)ccc2[C@]12[C@@H](c1cc(F)ccc1Oc1ccc(F)cc1F)NC(=O)C[C@H]2c1cccc(Cl)c1. The van der Waals surface area contributed by atoms with Gasteiger partial charge >= 0.3 is 0 Å². The lowest BCUT2D eigenvalue weighted by atomic mass is 9.58. The number of ether oxygens (including phenoxy) is 1. The molecule has 2 aliphatic rings. The first-order valence-corrected chi connectivity index (χ1v) is 12.7. The van der Waals surface area contributed by atoms with Gasteiger partial charge in [0.1, 0.15) is 29.0 Å². The fourth-order valence-electron chi connectivity index (χ4n) is 5.80. The van der Waals surface area contributed by atoms with Gasteiger partial charge in [-0.2, -0.15) is 0 Å². The summed E-state index contributed by atoms with van der Waals surface area (Å²) in [6, 6.07) is 16.2. The zero-order valence-corrected chi connectivity index (χ0v) is 21.4. The molecule has 4 aromatic carbocycles. The van der Waals surface area contributed by atoms with Crippen molar-refractivity contribution in [3.8, 4) is 11.5 Å². The van der Waals surface area contributed by atoms with Crippen LogP contribution in [0.4, 0.5) is 23.2 Å². The van der Waals surface area contributed by atoms with Crippen molar-refractivity contribution < 1.29 is 27.1 Å². The number of rotatable bonds is 4. The van der Waals surface area contributed by atoms with Gasteiger partial charge in [-0.15, -0.1) is 0 Å². The zero-order valence-electron chi connectivity index (χ0n) is 20.6. The van der Waals surface area contributed by atoms with E-state index in [0.717, 1.165) is 24.3 Å². The highest BCUT2D eigenvalue weighted by atomic mass is 35.5. The van der Waals surface area contributed by atoms with Gasteiger partial charge in [0.25, 0.3) is 0 Å². The van der Waals surface area contributed by atoms with Crippen LogP contribution in [0.25, 0.3) is 0 Å². The lowest BCUT2D eigenvalue weighted by molar-refractivity contribution is -0.125. The Morgan fingerprint density at radius 1 is 0.900 bits per heavy atom. The van der Waals surface area contributed by atoms with Gasteiger partial charge < -0.3 is 15.8 Å². The minimum absolute atomic E-state index is 0.00770. The van der Waals surface area contributed by atoms with E-state index in [2.05, 4.69) is 10.3 Å². The van der Waals surface area contributed by atoms with Gasteiger partial charge in [-0.1, -0.05) is 29.8 Å². The molecular weight excluding hydrogens is 546 g/mol. The molecule has 1 fully saturated rings. The third kappa shape index (κ3) is 4.17. The van der Waals surface area contributed by atoms with Crippen molar-refractivity contribution in [3.05, 3.63) is 124 Å². The number of fused-ring (bicyclic) bond motifs is 2. The van der Waals surface area contributed by atoms with Crippen LogP contribution in [0.3, 0.4) is 0 Å². The second kappa shape index (κ2) is 9.67. The minimum Gasteiger partial charge on any atom is -0.454 e. The fourth-order valence-corrected chi connectivity index (χ4v) is 6.00. The summed E-state index contributed by atoms with van der Waals surface area (Å²) in [4.78, 5) is 17.7. The Bertz CT molecular complexity index is 1710. The second-order valence-corrected chi connectivity index (χ2v) is 10.1. The van der Waals surface area contributed by atoms with Crippen LogP contribution in [0, 0.1) is 23.3 Å². The number of amides is 1. The molecule has 1 spiro atoms. The highest BCUT2D eigenvalue weighted by molar-refractivity contribution is 6.30. The Morgan fingerprint density at radius 3 is 2.35 bits per heavy atom. The highest BCUT2D eigenvalue weighted by Crippen LogP contribution is 2.58. The number of carbonyl (C=O) groups excluding carboxylic acids is 1. The van der Waals surface area contributed by atoms with E-state index in [4.69, 9.17) is 22.1 Å². The smallest absolute Gasteiger partial charge is 0.221 e. The van der Waals surface area contributed by atoms with Gasteiger partial charge in [0, 0.05) is 29.0 Å². The van der Waals surface area contributed by atoms with Crippen molar-refractivity contribution in [2.45, 2.75) is 23.8 Å². The van der Waals surface area contributed by atoms with Crippen molar-refractivity contribution >= 4 is 29.0 Å². The molecule has 0 unspecified atom stereocenters. The van der Waals surface area contributed by atoms with Gasteiger partial charge in [-0.25, -0.2) is 22.6 Å². The topological polar surface area (TPSA) is 76.7 Å². The average Bonchev–Trinajstić information content (AvgIpc) is 3.18. The molecule has 202 valence electrons. The van der Waals surface area contributed by atoms with Gasteiger partial charge in [-0.3, -0.25) is 4.79 Å². The number of hydrogen-bond acceptors (Lipinski definition) is 4. The van der Waals surface area contributed by atoms with Gasteiger partial charge in [0.05, 0.1) is 17.1 Å². The summed E-state index contributed by atoms with van der Waals surface area (Å²) in [5.41, 5.74) is 6.88. The zero-order chi connectivity index (χ0) is 28.2. The summed E-state index contributed by atoms with van der Waals surface area (Å²) < 4.78 is 63.1. The molecule has 3 N–H and O–H groups in total. The molecule has 0 radical (unpaired) electrons. The van der Waals surface area contributed by atoms with Crippen LogP contribution in [0.1, 0.15) is 35.1 Å². The van der Waals surface area contributed by atoms with Crippen LogP contribution < -0.4 is 15.8 Å². The monoisotopic (exact) mass is 565 g/mol. The predicted octanol–water partition coefficient (Wildman–Crippen LogP) is 6.97. The van der Waals surface area contributed by atoms with Crippen LogP contribution in [0.5, 0.6) is 11.5 Å². The second-order valence-electron chi connectivity index (χ2n) is 9.70. The molecule has 1 saturated heterocycles. The Balaban J connectivity index is 1.60. The number of piperidine rings is 1. The Hall–Kier alpha value is -4.37. The molecule has 40 heavy (non-hydrogen) atoms. The average molecular weight is 566 g/mol. The first kappa shape index (κ1) is 25.9. The normalized spacial score (nSPS) is 21.6. The van der Waals surface area contributed by atoms with E-state index in [1.807, 2.05) is 0 Å². The standard InChI is InChI=1S/C30H20ClF4N3O2/c31-16-3-1-2-15(10-16)22-14-27(39)38-28(30(22)21-7-4-19(34)13-24(21)37-29(30)36)20-11-17(32)5-8-25(20)40-26-9-6-18(33)12-23(26)35/h1-13,22,28H,14H2,(H2,36,37)(H,38,39)/t22-,28+,30-/m0/s1. The molecular formula is C30H20ClF4N3O2. The number of nitrogens with two attached hydrogens (primary N) is 1. The van der Waals surface area contributed by atoms with Gasteiger partial charge in [0.2, 0.25) is 5.91 Å². The fraction of sp³-hybridized carbons (Fsp3) is 0.133. The van der Waals surface area contributed by atoms with Crippen LogP contribution in [-0.4, -0.2) is 11.7 Å². The van der Waals surface area contributed by atoms with Crippen molar-refractivity contribution in [1.82, 2.24) is 5.32 Å². The van der Waals surface area contributed by atoms with Crippen molar-refractivity contribution in [2.24, 2.45) is 10.7 Å². The number of nitrogens with one attached hydrogen (secondary N) is 1. The van der Waals surface area contributed by atoms with E-state index in [9.17, 15) is 22.4 Å². The number of halogens is 5. The number of nitrogens with zero attached hydrogens (tertiary/aromatic N) is 1. The number of amidine groups is 1. The minimum atomic E-state index is -1.34. The number of benzene rings is 4. The third-order valence-corrected chi connectivity index (χ3v) is 7.65. The lowest BCUT2D eigenvalue weighted by Crippen LogP contribution is -2.58. The highest BCUT2D eigenvalue weighted by Gasteiger charge is 2.59. The number of carbonyl (C=O) groups is 1. The third-order valence-electron chi connectivity index (χ3n) is 7.42. The predicted molar refractivity (Wildman–Crippen MR) is 142 cm³/mol. The van der Waals surface area contributed by atoms with Crippen LogP contribution in [0.15, 0.2) is 83.9 Å². The van der Waals surface area contributed by atoms with E-state index in [1.54, 1.807) is 24.3 Å². The molecule has 1 amide bonds. The maximum absolute atomic E-state index is 14.8. The molecule has 3 atom stereocenters. The molecule has 0 saturated carbocycles. The van der Waals surface area contributed by atoms with E-state index in [0.29, 0.717) is 22.2 Å². The van der Waals surface area contributed by atoms with Crippen LogP contribution in [-0.2, 0) is 10.2 Å². The Labute approximate surface area is 231 Å². The largest absolute Gasteiger partial charge is 0.454 e. The summed E-state index contributed by atoms with van der Waals surface area (Å²) in [5.74, 6) is -4.28. The molecule has 0 aromatic heterocycles. The molecule has 5 nitrogen and oxygen atoms in total. The van der Waals surface area contributed by atoms with Gasteiger partial charge in [-0.05, 0) is 65.7 Å². The molecule has 6 rings (SSSR count). The first-order chi connectivity index (χ1) is 19.2. The van der Waals surface area contributed by atoms with Crippen molar-refractivity contribution in [1.29, 1.82) is 0 Å². The van der Waals surface area contributed by atoms with Crippen LogP contribution in [0.2, 0.25) is 5.02 Å². The summed E-state index contributed by atoms with van der Waals surface area (Å²) >= 11 is 6.33. The maximum Gasteiger partial charge on any atom is 0.221 e. The van der Waals surface area contributed by atoms with Crippen LogP contribution >= 0.6 is 11.6 Å². The molecule has 2 heterocycles. The molecule has 4 aromatic rings. The van der Waals surface area contributed by atoms with E-state index in [1.165, 1.54) is 24.3 Å². The summed E-state index contributed by atoms with van der Waals surface area (Å²) in [6.45, 7) is 0. The van der Waals surface area contributed by atoms with E-state index < -0.39 is 40.6 Å². The van der Waals surface area contributed by atoms with Crippen molar-refractivity contribution in [2.75, 3.05) is 0 Å². The molecule has 0 aliphatic carbocycles. The van der Waals surface area contributed by atoms with Gasteiger partial charge in [0.15, 0.2) is 11.6 Å². The number of aliphatic imine (C=N–C) groups is 1. The Kier molecular flexibility index (Phi) is 6.26.